The molecule has 6 heteroatoms. The van der Waals surface area contributed by atoms with Crippen LogP contribution in [-0.4, -0.2) is 31.2 Å². The fourth-order valence-corrected chi connectivity index (χ4v) is 2.49. The van der Waals surface area contributed by atoms with E-state index in [1.54, 1.807) is 24.3 Å². The summed E-state index contributed by atoms with van der Waals surface area (Å²) in [5.74, 6) is 0.353. The number of esters is 1. The van der Waals surface area contributed by atoms with Gasteiger partial charge in [0.05, 0.1) is 6.61 Å². The third-order valence-electron chi connectivity index (χ3n) is 3.85. The van der Waals surface area contributed by atoms with Crippen LogP contribution in [0.5, 0.6) is 11.5 Å². The van der Waals surface area contributed by atoms with Gasteiger partial charge in [-0.05, 0) is 63.1 Å². The van der Waals surface area contributed by atoms with Crippen molar-refractivity contribution >= 4 is 17.6 Å². The van der Waals surface area contributed by atoms with E-state index in [9.17, 15) is 9.59 Å². The first-order valence-corrected chi connectivity index (χ1v) is 8.83. The molecule has 0 aliphatic rings. The van der Waals surface area contributed by atoms with Gasteiger partial charge in [-0.15, -0.1) is 0 Å². The number of anilines is 1. The van der Waals surface area contributed by atoms with Gasteiger partial charge in [0.2, 0.25) is 0 Å². The second-order valence-corrected chi connectivity index (χ2v) is 6.09. The van der Waals surface area contributed by atoms with Gasteiger partial charge in [-0.25, -0.2) is 4.79 Å². The highest BCUT2D eigenvalue weighted by atomic mass is 16.6. The topological polar surface area (TPSA) is 73.9 Å². The molecule has 0 heterocycles. The molecule has 0 aliphatic heterocycles. The first-order valence-electron chi connectivity index (χ1n) is 8.83. The molecule has 0 fully saturated rings. The lowest BCUT2D eigenvalue weighted by molar-refractivity contribution is -0.155. The molecular formula is C21H25NO5. The summed E-state index contributed by atoms with van der Waals surface area (Å²) in [5.41, 5.74) is 2.46. The zero-order valence-corrected chi connectivity index (χ0v) is 16.1. The van der Waals surface area contributed by atoms with E-state index in [-0.39, 0.29) is 6.61 Å². The first kappa shape index (κ1) is 20.3. The molecule has 0 spiro atoms. The smallest absolute Gasteiger partial charge is 0.344 e. The maximum atomic E-state index is 12.2. The van der Waals surface area contributed by atoms with E-state index in [0.717, 1.165) is 16.9 Å². The van der Waals surface area contributed by atoms with Crippen molar-refractivity contribution < 1.29 is 23.8 Å². The van der Waals surface area contributed by atoms with Gasteiger partial charge in [0.15, 0.2) is 12.7 Å². The van der Waals surface area contributed by atoms with Crippen LogP contribution >= 0.6 is 0 Å². The quantitative estimate of drug-likeness (QED) is 0.717. The van der Waals surface area contributed by atoms with Crippen LogP contribution in [-0.2, 0) is 14.3 Å². The highest BCUT2D eigenvalue weighted by molar-refractivity contribution is 5.95. The molecule has 2 aromatic rings. The Labute approximate surface area is 159 Å². The number of benzene rings is 2. The van der Waals surface area contributed by atoms with Crippen molar-refractivity contribution in [3.05, 3.63) is 53.6 Å². The molecule has 0 aromatic heterocycles. The van der Waals surface area contributed by atoms with Gasteiger partial charge >= 0.3 is 5.97 Å². The second-order valence-electron chi connectivity index (χ2n) is 6.09. The molecule has 1 N–H and O–H groups in total. The van der Waals surface area contributed by atoms with Crippen LogP contribution in [0.2, 0.25) is 0 Å². The van der Waals surface area contributed by atoms with Crippen LogP contribution in [0, 0.1) is 13.8 Å². The number of aryl methyl sites for hydroxylation is 2. The van der Waals surface area contributed by atoms with Gasteiger partial charge in [0.1, 0.15) is 11.5 Å². The van der Waals surface area contributed by atoms with Crippen molar-refractivity contribution in [2.45, 2.75) is 33.8 Å². The Morgan fingerprint density at radius 2 is 1.63 bits per heavy atom. The van der Waals surface area contributed by atoms with E-state index < -0.39 is 18.0 Å². The maximum Gasteiger partial charge on any atom is 0.344 e. The number of carbonyl (C=O) groups is 2. The lowest BCUT2D eigenvalue weighted by Gasteiger charge is -2.15. The molecular weight excluding hydrogens is 346 g/mol. The predicted octanol–water partition coefficient (Wildman–Crippen LogP) is 3.65. The van der Waals surface area contributed by atoms with E-state index in [1.807, 2.05) is 39.0 Å². The van der Waals surface area contributed by atoms with Crippen LogP contribution in [0.25, 0.3) is 0 Å². The minimum absolute atomic E-state index is 0.258. The Bertz CT molecular complexity index is 765. The lowest BCUT2D eigenvalue weighted by atomic mass is 10.1. The number of ether oxygens (including phenoxy) is 3. The third kappa shape index (κ3) is 6.02. The maximum absolute atomic E-state index is 12.2. The second kappa shape index (κ2) is 9.62. The van der Waals surface area contributed by atoms with E-state index >= 15 is 0 Å². The summed E-state index contributed by atoms with van der Waals surface area (Å²) >= 11 is 0. The minimum atomic E-state index is -0.939. The van der Waals surface area contributed by atoms with Gasteiger partial charge in [-0.1, -0.05) is 18.2 Å². The largest absolute Gasteiger partial charge is 0.494 e. The van der Waals surface area contributed by atoms with Gasteiger partial charge in [0.25, 0.3) is 5.91 Å². The number of hydrogen-bond acceptors (Lipinski definition) is 5. The molecule has 6 nitrogen and oxygen atoms in total. The monoisotopic (exact) mass is 371 g/mol. The number of amides is 1. The zero-order valence-electron chi connectivity index (χ0n) is 16.1. The Morgan fingerprint density at radius 1 is 1.00 bits per heavy atom. The summed E-state index contributed by atoms with van der Waals surface area (Å²) < 4.78 is 16.0. The summed E-state index contributed by atoms with van der Waals surface area (Å²) in [4.78, 5) is 24.2. The van der Waals surface area contributed by atoms with Crippen LogP contribution in [0.3, 0.4) is 0 Å². The highest BCUT2D eigenvalue weighted by Gasteiger charge is 2.19. The Morgan fingerprint density at radius 3 is 2.22 bits per heavy atom. The normalized spacial score (nSPS) is 11.4. The average Bonchev–Trinajstić information content (AvgIpc) is 2.63. The lowest BCUT2D eigenvalue weighted by Crippen LogP contribution is -2.31. The van der Waals surface area contributed by atoms with Gasteiger partial charge in [0, 0.05) is 5.69 Å². The molecule has 0 aliphatic carbocycles. The molecule has 0 radical (unpaired) electrons. The van der Waals surface area contributed by atoms with Crippen LogP contribution in [0.1, 0.15) is 25.0 Å². The molecule has 1 atom stereocenters. The Balaban J connectivity index is 1.83. The fourth-order valence-electron chi connectivity index (χ4n) is 2.49. The van der Waals surface area contributed by atoms with E-state index in [1.165, 1.54) is 6.92 Å². The molecule has 2 aromatic carbocycles. The summed E-state index contributed by atoms with van der Waals surface area (Å²) in [7, 11) is 0. The van der Waals surface area contributed by atoms with Crippen molar-refractivity contribution in [1.82, 2.24) is 0 Å². The number of hydrogen-bond donors (Lipinski definition) is 1. The third-order valence-corrected chi connectivity index (χ3v) is 3.85. The molecule has 0 unspecified atom stereocenters. The van der Waals surface area contributed by atoms with Crippen molar-refractivity contribution in [3.8, 4) is 11.5 Å². The molecule has 0 saturated carbocycles. The molecule has 144 valence electrons. The number of nitrogens with one attached hydrogen (secondary N) is 1. The van der Waals surface area contributed by atoms with E-state index in [4.69, 9.17) is 14.2 Å². The molecule has 2 rings (SSSR count). The van der Waals surface area contributed by atoms with Crippen LogP contribution < -0.4 is 14.8 Å². The van der Waals surface area contributed by atoms with Gasteiger partial charge < -0.3 is 19.5 Å². The summed E-state index contributed by atoms with van der Waals surface area (Å²) in [5, 5.41) is 2.70. The van der Waals surface area contributed by atoms with Gasteiger partial charge in [-0.2, -0.15) is 0 Å². The van der Waals surface area contributed by atoms with Crippen LogP contribution in [0.15, 0.2) is 42.5 Å². The van der Waals surface area contributed by atoms with Crippen molar-refractivity contribution in [2.24, 2.45) is 0 Å². The molecule has 27 heavy (non-hydrogen) atoms. The minimum Gasteiger partial charge on any atom is -0.494 e. The fraction of sp³-hybridized carbons (Fsp3) is 0.333. The SMILES string of the molecule is CCOc1ccc(NC(=O)[C@H](C)OC(=O)COc2c(C)cccc2C)cc1. The average molecular weight is 371 g/mol. The highest BCUT2D eigenvalue weighted by Crippen LogP contribution is 2.22. The van der Waals surface area contributed by atoms with Crippen molar-refractivity contribution in [3.63, 3.8) is 0 Å². The van der Waals surface area contributed by atoms with Crippen molar-refractivity contribution in [2.75, 3.05) is 18.5 Å². The number of para-hydroxylation sites is 1. The first-order chi connectivity index (χ1) is 12.9. The Hall–Kier alpha value is -3.02. The summed E-state index contributed by atoms with van der Waals surface area (Å²) in [6.45, 7) is 7.53. The van der Waals surface area contributed by atoms with Crippen molar-refractivity contribution in [1.29, 1.82) is 0 Å². The number of carbonyl (C=O) groups excluding carboxylic acids is 2. The standard InChI is InChI=1S/C21H25NO5/c1-5-25-18-11-9-17(10-12-18)22-21(24)16(4)27-19(23)13-26-20-14(2)7-6-8-15(20)3/h6-12,16H,5,13H2,1-4H3,(H,22,24)/t16-/m0/s1. The van der Waals surface area contributed by atoms with Crippen LogP contribution in [0.4, 0.5) is 5.69 Å². The summed E-state index contributed by atoms with van der Waals surface area (Å²) in [6, 6.07) is 12.7. The Kier molecular flexibility index (Phi) is 7.23. The summed E-state index contributed by atoms with van der Waals surface area (Å²) in [6.07, 6.45) is -0.939. The molecule has 1 amide bonds. The van der Waals surface area contributed by atoms with Gasteiger partial charge in [-0.3, -0.25) is 4.79 Å². The zero-order chi connectivity index (χ0) is 19.8. The predicted molar refractivity (Wildman–Crippen MR) is 103 cm³/mol. The number of rotatable bonds is 8. The van der Waals surface area contributed by atoms with E-state index in [2.05, 4.69) is 5.32 Å². The van der Waals surface area contributed by atoms with E-state index in [0.29, 0.717) is 18.0 Å². The molecule has 0 saturated heterocycles. The molecule has 0 bridgehead atoms.